The molecule has 3 heteroatoms. The molecule has 0 atom stereocenters. The van der Waals surface area contributed by atoms with Gasteiger partial charge in [0.25, 0.3) is 0 Å². The van der Waals surface area contributed by atoms with Crippen LogP contribution >= 0.6 is 0 Å². The van der Waals surface area contributed by atoms with Crippen LogP contribution in [0.3, 0.4) is 0 Å². The van der Waals surface area contributed by atoms with E-state index in [1.807, 2.05) is 0 Å². The fraction of sp³-hybridized carbons (Fsp3) is 0.750. The maximum atomic E-state index is 11.0. The van der Waals surface area contributed by atoms with E-state index in [9.17, 15) is 4.79 Å². The molecule has 1 saturated heterocycles. The minimum absolute atomic E-state index is 0.115. The van der Waals surface area contributed by atoms with Crippen LogP contribution < -0.4 is 0 Å². The molecule has 0 aliphatic carbocycles. The van der Waals surface area contributed by atoms with Crippen LogP contribution in [0, 0.1) is 0 Å². The Bertz CT molecular complexity index is 230. The molecule has 0 amide bonds. The van der Waals surface area contributed by atoms with Gasteiger partial charge in [-0.05, 0) is 31.9 Å². The summed E-state index contributed by atoms with van der Waals surface area (Å²) in [6.07, 6.45) is 7.18. The Morgan fingerprint density at radius 3 is 2.53 bits per heavy atom. The van der Waals surface area contributed by atoms with Gasteiger partial charge < -0.3 is 9.64 Å². The molecule has 1 heterocycles. The van der Waals surface area contributed by atoms with Crippen molar-refractivity contribution in [2.24, 2.45) is 0 Å². The van der Waals surface area contributed by atoms with Crippen molar-refractivity contribution in [3.05, 3.63) is 11.8 Å². The molecule has 3 nitrogen and oxygen atoms in total. The smallest absolute Gasteiger partial charge is 0.305 e. The number of rotatable bonds is 5. The third-order valence-corrected chi connectivity index (χ3v) is 2.84. The summed E-state index contributed by atoms with van der Waals surface area (Å²) in [5.74, 6) is -0.115. The molecule has 0 unspecified atom stereocenters. The van der Waals surface area contributed by atoms with E-state index in [0.717, 1.165) is 12.8 Å². The molecule has 0 bridgehead atoms. The van der Waals surface area contributed by atoms with E-state index in [0.29, 0.717) is 6.42 Å². The van der Waals surface area contributed by atoms with Gasteiger partial charge in [0.05, 0.1) is 7.11 Å². The van der Waals surface area contributed by atoms with Crippen LogP contribution in [0.5, 0.6) is 0 Å². The van der Waals surface area contributed by atoms with Crippen molar-refractivity contribution in [3.63, 3.8) is 0 Å². The number of hydrogen-bond acceptors (Lipinski definition) is 3. The number of hydrogen-bond donors (Lipinski definition) is 0. The summed E-state index contributed by atoms with van der Waals surface area (Å²) in [5.41, 5.74) is 1.35. The van der Waals surface area contributed by atoms with Gasteiger partial charge in [-0.2, -0.15) is 0 Å². The largest absolute Gasteiger partial charge is 0.469 e. The molecule has 1 fully saturated rings. The summed E-state index contributed by atoms with van der Waals surface area (Å²) in [6.45, 7) is 4.47. The van der Waals surface area contributed by atoms with Crippen molar-refractivity contribution >= 4 is 5.97 Å². The van der Waals surface area contributed by atoms with Crippen molar-refractivity contribution < 1.29 is 9.53 Å². The highest BCUT2D eigenvalue weighted by molar-refractivity contribution is 5.69. The molecule has 0 saturated carbocycles. The maximum Gasteiger partial charge on any atom is 0.305 e. The number of ether oxygens (including phenoxy) is 1. The second kappa shape index (κ2) is 6.49. The molecular weight excluding hydrogens is 190 g/mol. The third-order valence-electron chi connectivity index (χ3n) is 2.84. The Hall–Kier alpha value is -0.990. The van der Waals surface area contributed by atoms with Crippen LogP contribution in [0.2, 0.25) is 0 Å². The molecule has 15 heavy (non-hydrogen) atoms. The first kappa shape index (κ1) is 12.1. The van der Waals surface area contributed by atoms with Gasteiger partial charge in [0, 0.05) is 19.5 Å². The molecular formula is C12H21NO2. The van der Waals surface area contributed by atoms with Crippen molar-refractivity contribution in [1.29, 1.82) is 0 Å². The lowest BCUT2D eigenvalue weighted by Crippen LogP contribution is -2.12. The predicted octanol–water partition coefficient (Wildman–Crippen LogP) is 2.33. The number of esters is 1. The summed E-state index contributed by atoms with van der Waals surface area (Å²) in [6, 6.07) is 0. The molecule has 1 aliphatic rings. The first-order valence-corrected chi connectivity index (χ1v) is 5.76. The average molecular weight is 211 g/mol. The van der Waals surface area contributed by atoms with Crippen LogP contribution in [0.4, 0.5) is 0 Å². The van der Waals surface area contributed by atoms with Gasteiger partial charge >= 0.3 is 5.97 Å². The minimum Gasteiger partial charge on any atom is -0.469 e. The predicted molar refractivity (Wildman–Crippen MR) is 60.4 cm³/mol. The zero-order valence-electron chi connectivity index (χ0n) is 9.79. The normalized spacial score (nSPS) is 16.9. The third kappa shape index (κ3) is 4.36. The molecule has 0 N–H and O–H groups in total. The fourth-order valence-corrected chi connectivity index (χ4v) is 1.83. The topological polar surface area (TPSA) is 29.5 Å². The van der Waals surface area contributed by atoms with Gasteiger partial charge in [0.15, 0.2) is 0 Å². The van der Waals surface area contributed by atoms with Crippen molar-refractivity contribution in [2.45, 2.75) is 39.0 Å². The highest BCUT2D eigenvalue weighted by Gasteiger charge is 2.09. The molecule has 1 aliphatic heterocycles. The number of nitrogens with zero attached hydrogens (tertiary/aromatic N) is 1. The van der Waals surface area contributed by atoms with Gasteiger partial charge in [-0.25, -0.2) is 0 Å². The van der Waals surface area contributed by atoms with E-state index >= 15 is 0 Å². The Morgan fingerprint density at radius 1 is 1.33 bits per heavy atom. The van der Waals surface area contributed by atoms with E-state index in [1.54, 1.807) is 0 Å². The summed E-state index contributed by atoms with van der Waals surface area (Å²) < 4.78 is 4.64. The van der Waals surface area contributed by atoms with Crippen LogP contribution in [0.25, 0.3) is 0 Å². The van der Waals surface area contributed by atoms with E-state index in [1.165, 1.54) is 38.6 Å². The fourth-order valence-electron chi connectivity index (χ4n) is 1.83. The molecule has 0 aromatic carbocycles. The minimum atomic E-state index is -0.115. The second-order valence-electron chi connectivity index (χ2n) is 3.96. The lowest BCUT2D eigenvalue weighted by Gasteiger charge is -2.14. The quantitative estimate of drug-likeness (QED) is 0.654. The Kier molecular flexibility index (Phi) is 5.22. The Labute approximate surface area is 92.1 Å². The number of likely N-dealkylation sites (tertiary alicyclic amines) is 1. The summed E-state index contributed by atoms with van der Waals surface area (Å²) >= 11 is 0. The van der Waals surface area contributed by atoms with Crippen molar-refractivity contribution in [2.75, 3.05) is 20.2 Å². The number of methoxy groups -OCH3 is 1. The molecule has 0 radical (unpaired) electrons. The molecule has 1 rings (SSSR count). The van der Waals surface area contributed by atoms with Crippen LogP contribution in [0.1, 0.15) is 39.0 Å². The average Bonchev–Trinajstić information content (AvgIpc) is 2.76. The zero-order chi connectivity index (χ0) is 11.1. The van der Waals surface area contributed by atoms with Crippen molar-refractivity contribution in [1.82, 2.24) is 4.90 Å². The van der Waals surface area contributed by atoms with Gasteiger partial charge in [-0.15, -0.1) is 0 Å². The van der Waals surface area contributed by atoms with Gasteiger partial charge in [0.1, 0.15) is 0 Å². The zero-order valence-corrected chi connectivity index (χ0v) is 9.79. The maximum absolute atomic E-state index is 11.0. The number of carbonyl (C=O) groups excluding carboxylic acids is 1. The van der Waals surface area contributed by atoms with Crippen LogP contribution in [-0.4, -0.2) is 31.1 Å². The number of allylic oxidation sites excluding steroid dienone is 1. The van der Waals surface area contributed by atoms with E-state index in [4.69, 9.17) is 0 Å². The molecule has 0 spiro atoms. The van der Waals surface area contributed by atoms with Crippen LogP contribution in [-0.2, 0) is 9.53 Å². The summed E-state index contributed by atoms with van der Waals surface area (Å²) in [4.78, 5) is 13.4. The highest BCUT2D eigenvalue weighted by Crippen LogP contribution is 2.15. The van der Waals surface area contributed by atoms with E-state index < -0.39 is 0 Å². The molecule has 86 valence electrons. The highest BCUT2D eigenvalue weighted by atomic mass is 16.5. The summed E-state index contributed by atoms with van der Waals surface area (Å²) in [5, 5.41) is 0. The van der Waals surface area contributed by atoms with Gasteiger partial charge in [-0.3, -0.25) is 4.79 Å². The monoisotopic (exact) mass is 211 g/mol. The standard InChI is InChI=1S/C12H21NO2/c1-3-11(6-7-12(14)15-2)10-13-8-4-5-9-13/h10H,3-9H2,1-2H3/b11-10-. The molecule has 0 aromatic rings. The number of carbonyl (C=O) groups is 1. The van der Waals surface area contributed by atoms with Gasteiger partial charge in [-0.1, -0.05) is 12.5 Å². The SMILES string of the molecule is CC/C(=C/N1CCCC1)CCC(=O)OC. The van der Waals surface area contributed by atoms with Crippen molar-refractivity contribution in [3.8, 4) is 0 Å². The second-order valence-corrected chi connectivity index (χ2v) is 3.96. The Morgan fingerprint density at radius 2 is 2.00 bits per heavy atom. The van der Waals surface area contributed by atoms with Gasteiger partial charge in [0.2, 0.25) is 0 Å². The van der Waals surface area contributed by atoms with E-state index in [2.05, 4.69) is 22.8 Å². The molecule has 0 aromatic heterocycles. The summed E-state index contributed by atoms with van der Waals surface area (Å²) in [7, 11) is 1.44. The van der Waals surface area contributed by atoms with Crippen LogP contribution in [0.15, 0.2) is 11.8 Å². The first-order valence-electron chi connectivity index (χ1n) is 5.76. The first-order chi connectivity index (χ1) is 7.26. The lowest BCUT2D eigenvalue weighted by molar-refractivity contribution is -0.140. The van der Waals surface area contributed by atoms with E-state index in [-0.39, 0.29) is 5.97 Å². The lowest BCUT2D eigenvalue weighted by atomic mass is 10.1. The Balaban J connectivity index is 2.36.